The van der Waals surface area contributed by atoms with E-state index in [-0.39, 0.29) is 12.3 Å². The van der Waals surface area contributed by atoms with Crippen LogP contribution in [-0.2, 0) is 14.3 Å². The summed E-state index contributed by atoms with van der Waals surface area (Å²) in [6.45, 7) is 12.4. The summed E-state index contributed by atoms with van der Waals surface area (Å²) in [5.41, 5.74) is -0.174. The number of rotatable bonds is 7. The van der Waals surface area contributed by atoms with Gasteiger partial charge in [0.1, 0.15) is 5.60 Å². The molecule has 0 aromatic carbocycles. The third-order valence-corrected chi connectivity index (χ3v) is 3.26. The molecule has 2 atom stereocenters. The number of ether oxygens (including phenoxy) is 1. The summed E-state index contributed by atoms with van der Waals surface area (Å²) in [6, 6.07) is 0. The van der Waals surface area contributed by atoms with Crippen LogP contribution in [0, 0.1) is 11.8 Å². The van der Waals surface area contributed by atoms with Gasteiger partial charge in [0.05, 0.1) is 5.92 Å². The number of allylic oxidation sites excluding steroid dienone is 1. The van der Waals surface area contributed by atoms with Crippen LogP contribution in [0.1, 0.15) is 41.0 Å². The standard InChI is InChI=1S/C14H24O5/c1-8(2)7-10(12(16)17)11(15)13(18)19-14(5,6)9(3)4/h9-11,15H,1,7H2,2-6H3,(H,16,17). The first kappa shape index (κ1) is 17.6. The zero-order valence-corrected chi connectivity index (χ0v) is 12.3. The van der Waals surface area contributed by atoms with E-state index in [1.54, 1.807) is 20.8 Å². The van der Waals surface area contributed by atoms with Crippen LogP contribution >= 0.6 is 0 Å². The van der Waals surface area contributed by atoms with Crippen LogP contribution in [0.2, 0.25) is 0 Å². The van der Waals surface area contributed by atoms with E-state index in [1.165, 1.54) is 0 Å². The second-order valence-corrected chi connectivity index (χ2v) is 5.73. The molecule has 0 fully saturated rings. The molecule has 19 heavy (non-hydrogen) atoms. The van der Waals surface area contributed by atoms with Gasteiger partial charge in [-0.15, -0.1) is 6.58 Å². The van der Waals surface area contributed by atoms with Crippen molar-refractivity contribution in [3.05, 3.63) is 12.2 Å². The van der Waals surface area contributed by atoms with Crippen molar-refractivity contribution in [3.63, 3.8) is 0 Å². The highest BCUT2D eigenvalue weighted by Crippen LogP contribution is 2.23. The average Bonchev–Trinajstić information content (AvgIpc) is 2.23. The van der Waals surface area contributed by atoms with Crippen molar-refractivity contribution < 1.29 is 24.5 Å². The molecule has 5 heteroatoms. The number of aliphatic hydroxyl groups is 1. The van der Waals surface area contributed by atoms with E-state index in [0.29, 0.717) is 5.57 Å². The van der Waals surface area contributed by atoms with Crippen LogP contribution in [0.15, 0.2) is 12.2 Å². The Balaban J connectivity index is 4.87. The van der Waals surface area contributed by atoms with Gasteiger partial charge in [0, 0.05) is 0 Å². The Morgan fingerprint density at radius 1 is 1.32 bits per heavy atom. The third-order valence-electron chi connectivity index (χ3n) is 3.26. The molecule has 0 aromatic rings. The van der Waals surface area contributed by atoms with Crippen molar-refractivity contribution in [1.82, 2.24) is 0 Å². The SMILES string of the molecule is C=C(C)CC(C(=O)O)C(O)C(=O)OC(C)(C)C(C)C. The first-order valence-corrected chi connectivity index (χ1v) is 6.27. The average molecular weight is 272 g/mol. The lowest BCUT2D eigenvalue weighted by Crippen LogP contribution is -2.42. The van der Waals surface area contributed by atoms with Gasteiger partial charge in [-0.25, -0.2) is 4.79 Å². The predicted molar refractivity (Wildman–Crippen MR) is 71.6 cm³/mol. The fraction of sp³-hybridized carbons (Fsp3) is 0.714. The first-order valence-electron chi connectivity index (χ1n) is 6.27. The van der Waals surface area contributed by atoms with Gasteiger partial charge in [-0.3, -0.25) is 4.79 Å². The molecule has 0 aromatic heterocycles. The van der Waals surface area contributed by atoms with Gasteiger partial charge >= 0.3 is 11.9 Å². The summed E-state index contributed by atoms with van der Waals surface area (Å²) in [5.74, 6) is -3.33. The van der Waals surface area contributed by atoms with E-state index in [9.17, 15) is 14.7 Å². The molecule has 0 aliphatic rings. The Morgan fingerprint density at radius 2 is 1.79 bits per heavy atom. The normalized spacial score (nSPS) is 14.9. The summed E-state index contributed by atoms with van der Waals surface area (Å²) in [4.78, 5) is 22.9. The van der Waals surface area contributed by atoms with Crippen molar-refractivity contribution in [1.29, 1.82) is 0 Å². The van der Waals surface area contributed by atoms with Gasteiger partial charge in [-0.1, -0.05) is 19.4 Å². The Bertz CT molecular complexity index is 357. The smallest absolute Gasteiger partial charge is 0.336 e. The molecule has 0 bridgehead atoms. The molecular weight excluding hydrogens is 248 g/mol. The lowest BCUT2D eigenvalue weighted by molar-refractivity contribution is -0.177. The van der Waals surface area contributed by atoms with Crippen LogP contribution in [0.5, 0.6) is 0 Å². The zero-order valence-electron chi connectivity index (χ0n) is 12.3. The molecule has 2 N–H and O–H groups in total. The number of carboxylic acids is 1. The molecule has 110 valence electrons. The molecule has 0 spiro atoms. The molecule has 0 aliphatic carbocycles. The largest absolute Gasteiger partial charge is 0.481 e. The molecule has 0 saturated heterocycles. The second kappa shape index (κ2) is 6.70. The fourth-order valence-corrected chi connectivity index (χ4v) is 1.31. The van der Waals surface area contributed by atoms with Gasteiger partial charge in [-0.05, 0) is 33.1 Å². The summed E-state index contributed by atoms with van der Waals surface area (Å²) < 4.78 is 5.19. The first-order chi connectivity index (χ1) is 8.49. The van der Waals surface area contributed by atoms with Gasteiger partial charge in [0.15, 0.2) is 6.10 Å². The maximum absolute atomic E-state index is 11.8. The second-order valence-electron chi connectivity index (χ2n) is 5.73. The maximum atomic E-state index is 11.8. The topological polar surface area (TPSA) is 83.8 Å². The van der Waals surface area contributed by atoms with Crippen LogP contribution in [0.4, 0.5) is 0 Å². The highest BCUT2D eigenvalue weighted by Gasteiger charge is 2.37. The Hall–Kier alpha value is -1.36. The van der Waals surface area contributed by atoms with Gasteiger partial charge in [-0.2, -0.15) is 0 Å². The molecular formula is C14H24O5. The quantitative estimate of drug-likeness (QED) is 0.547. The number of carboxylic acid groups (broad SMARTS) is 1. The molecule has 0 heterocycles. The van der Waals surface area contributed by atoms with Crippen molar-refractivity contribution in [3.8, 4) is 0 Å². The number of hydrogen-bond donors (Lipinski definition) is 2. The molecule has 2 unspecified atom stereocenters. The highest BCUT2D eigenvalue weighted by atomic mass is 16.6. The molecule has 5 nitrogen and oxygen atoms in total. The van der Waals surface area contributed by atoms with Crippen molar-refractivity contribution in [2.75, 3.05) is 0 Å². The van der Waals surface area contributed by atoms with Crippen LogP contribution in [0.3, 0.4) is 0 Å². The van der Waals surface area contributed by atoms with Crippen LogP contribution in [-0.4, -0.2) is 33.9 Å². The van der Waals surface area contributed by atoms with Gasteiger partial charge in [0.2, 0.25) is 0 Å². The van der Waals surface area contributed by atoms with E-state index < -0.39 is 29.6 Å². The lowest BCUT2D eigenvalue weighted by atomic mass is 9.93. The lowest BCUT2D eigenvalue weighted by Gasteiger charge is -2.31. The maximum Gasteiger partial charge on any atom is 0.336 e. The summed E-state index contributed by atoms with van der Waals surface area (Å²) in [6.07, 6.45) is -1.65. The Morgan fingerprint density at radius 3 is 2.11 bits per heavy atom. The highest BCUT2D eigenvalue weighted by molar-refractivity contribution is 5.83. The number of esters is 1. The number of carbonyl (C=O) groups excluding carboxylic acids is 1. The monoisotopic (exact) mass is 272 g/mol. The molecule has 0 aliphatic heterocycles. The zero-order chi connectivity index (χ0) is 15.4. The molecule has 0 rings (SSSR count). The Labute approximate surface area is 114 Å². The van der Waals surface area contributed by atoms with E-state index >= 15 is 0 Å². The molecule has 0 saturated carbocycles. The van der Waals surface area contributed by atoms with Crippen molar-refractivity contribution in [2.45, 2.75) is 52.7 Å². The minimum atomic E-state index is -1.69. The third kappa shape index (κ3) is 5.42. The number of aliphatic carboxylic acids is 1. The fourth-order valence-electron chi connectivity index (χ4n) is 1.31. The van der Waals surface area contributed by atoms with Gasteiger partial charge in [0.25, 0.3) is 0 Å². The van der Waals surface area contributed by atoms with Crippen LogP contribution in [0.25, 0.3) is 0 Å². The Kier molecular flexibility index (Phi) is 6.22. The summed E-state index contributed by atoms with van der Waals surface area (Å²) >= 11 is 0. The van der Waals surface area contributed by atoms with Gasteiger partial charge < -0.3 is 14.9 Å². The number of hydrogen-bond acceptors (Lipinski definition) is 4. The summed E-state index contributed by atoms with van der Waals surface area (Å²) in [5, 5.41) is 18.9. The van der Waals surface area contributed by atoms with Crippen LogP contribution < -0.4 is 0 Å². The molecule has 0 amide bonds. The van der Waals surface area contributed by atoms with E-state index in [4.69, 9.17) is 9.84 Å². The number of aliphatic hydroxyl groups excluding tert-OH is 1. The van der Waals surface area contributed by atoms with Crippen molar-refractivity contribution >= 4 is 11.9 Å². The summed E-state index contributed by atoms with van der Waals surface area (Å²) in [7, 11) is 0. The van der Waals surface area contributed by atoms with E-state index in [0.717, 1.165) is 0 Å². The van der Waals surface area contributed by atoms with Crippen molar-refractivity contribution in [2.24, 2.45) is 11.8 Å². The molecule has 0 radical (unpaired) electrons. The van der Waals surface area contributed by atoms with E-state index in [2.05, 4.69) is 6.58 Å². The predicted octanol–water partition coefficient (Wildman–Crippen LogP) is 1.99. The van der Waals surface area contributed by atoms with E-state index in [1.807, 2.05) is 13.8 Å². The number of carbonyl (C=O) groups is 2. The minimum absolute atomic E-state index is 0.0354. The minimum Gasteiger partial charge on any atom is -0.481 e.